The number of hydrogen-bond donors (Lipinski definition) is 1. The largest absolute Gasteiger partial charge is 0.493 e. The molecule has 4 aromatic rings. The van der Waals surface area contributed by atoms with E-state index in [1.807, 2.05) is 50.2 Å². The minimum Gasteiger partial charge on any atom is -0.493 e. The zero-order chi connectivity index (χ0) is 26.5. The van der Waals surface area contributed by atoms with Gasteiger partial charge < -0.3 is 14.8 Å². The summed E-state index contributed by atoms with van der Waals surface area (Å²) in [6.07, 6.45) is 2.11. The lowest BCUT2D eigenvalue weighted by atomic mass is 10.2. The van der Waals surface area contributed by atoms with Crippen molar-refractivity contribution in [1.29, 1.82) is 0 Å². The van der Waals surface area contributed by atoms with E-state index in [1.165, 1.54) is 11.8 Å². The fraction of sp³-hybridized carbons (Fsp3) is 0.185. The molecule has 0 aliphatic heterocycles. The summed E-state index contributed by atoms with van der Waals surface area (Å²) in [7, 11) is 1.52. The van der Waals surface area contributed by atoms with Gasteiger partial charge in [0.05, 0.1) is 27.8 Å². The molecule has 0 unspecified atom stereocenters. The molecule has 0 aliphatic carbocycles. The van der Waals surface area contributed by atoms with E-state index in [0.717, 1.165) is 13.6 Å². The molecule has 0 aliphatic rings. The first kappa shape index (κ1) is 26.8. The van der Waals surface area contributed by atoms with Crippen LogP contribution in [0.5, 0.6) is 11.5 Å². The molecule has 8 nitrogen and oxygen atoms in total. The van der Waals surface area contributed by atoms with Crippen LogP contribution < -0.4 is 20.3 Å². The second-order valence-electron chi connectivity index (χ2n) is 8.14. The molecular formula is C27H24BrIN4O4. The van der Waals surface area contributed by atoms with Gasteiger partial charge in [0.25, 0.3) is 11.5 Å². The third-order valence-electron chi connectivity index (χ3n) is 5.45. The van der Waals surface area contributed by atoms with Gasteiger partial charge in [-0.1, -0.05) is 40.5 Å². The Bertz CT molecular complexity index is 1550. The lowest BCUT2D eigenvalue weighted by molar-refractivity contribution is -0.118. The van der Waals surface area contributed by atoms with Gasteiger partial charge in [0.15, 0.2) is 18.1 Å². The number of amides is 1. The fourth-order valence-electron chi connectivity index (χ4n) is 3.59. The van der Waals surface area contributed by atoms with E-state index >= 15 is 0 Å². The highest BCUT2D eigenvalue weighted by atomic mass is 127. The Hall–Kier alpha value is -3.25. The molecule has 0 fully saturated rings. The predicted molar refractivity (Wildman–Crippen MR) is 157 cm³/mol. The zero-order valence-corrected chi connectivity index (χ0v) is 24.2. The summed E-state index contributed by atoms with van der Waals surface area (Å²) in [6, 6.07) is 16.5. The molecule has 1 aromatic heterocycles. The summed E-state index contributed by atoms with van der Waals surface area (Å²) in [4.78, 5) is 30.1. The molecule has 1 heterocycles. The molecule has 1 N–H and O–H groups in total. The number of aryl methyl sites for hydroxylation is 2. The normalized spacial score (nSPS) is 11.2. The number of rotatable bonds is 8. The van der Waals surface area contributed by atoms with E-state index in [9.17, 15) is 9.59 Å². The van der Waals surface area contributed by atoms with Crippen molar-refractivity contribution in [2.45, 2.75) is 20.3 Å². The Labute approximate surface area is 236 Å². The molecule has 10 heteroatoms. The first-order valence-electron chi connectivity index (χ1n) is 11.4. The molecule has 3 aromatic carbocycles. The van der Waals surface area contributed by atoms with E-state index in [4.69, 9.17) is 9.47 Å². The molecule has 1 amide bonds. The van der Waals surface area contributed by atoms with E-state index in [2.05, 4.69) is 53.9 Å². The number of hydrogen-bond acceptors (Lipinski definition) is 6. The number of anilines is 1. The summed E-state index contributed by atoms with van der Waals surface area (Å²) in [5.41, 5.74) is 2.88. The smallest absolute Gasteiger partial charge is 0.282 e. The van der Waals surface area contributed by atoms with Crippen molar-refractivity contribution in [3.05, 3.63) is 89.9 Å². The van der Waals surface area contributed by atoms with Gasteiger partial charge in [0.1, 0.15) is 5.82 Å². The summed E-state index contributed by atoms with van der Waals surface area (Å²) < 4.78 is 14.1. The molecule has 0 atom stereocenters. The van der Waals surface area contributed by atoms with Crippen LogP contribution in [0, 0.1) is 10.5 Å². The number of methoxy groups -OCH3 is 1. The predicted octanol–water partition coefficient (Wildman–Crippen LogP) is 5.54. The lowest BCUT2D eigenvalue weighted by Gasteiger charge is -2.14. The number of halogens is 2. The van der Waals surface area contributed by atoms with Crippen molar-refractivity contribution in [3.63, 3.8) is 0 Å². The number of carbonyl (C=O) groups excluding carboxylic acids is 1. The van der Waals surface area contributed by atoms with Crippen molar-refractivity contribution < 1.29 is 14.3 Å². The van der Waals surface area contributed by atoms with Crippen LogP contribution >= 0.6 is 38.5 Å². The summed E-state index contributed by atoms with van der Waals surface area (Å²) >= 11 is 5.52. The SMILES string of the molecule is CCc1nc2ccc(Br)cc2c(=O)n1N=Cc1cc(I)c(OCC(=O)Nc2ccc(C)cc2)c(OC)c1. The molecule has 0 saturated heterocycles. The molecule has 4 rings (SSSR count). The maximum absolute atomic E-state index is 13.1. The van der Waals surface area contributed by atoms with Gasteiger partial charge in [0.2, 0.25) is 0 Å². The minimum atomic E-state index is -0.283. The Morgan fingerprint density at radius 3 is 2.65 bits per heavy atom. The molecule has 0 bridgehead atoms. The van der Waals surface area contributed by atoms with Crippen LogP contribution in [-0.4, -0.2) is 35.5 Å². The van der Waals surface area contributed by atoms with Crippen molar-refractivity contribution in [2.24, 2.45) is 5.10 Å². The highest BCUT2D eigenvalue weighted by Gasteiger charge is 2.14. The van der Waals surface area contributed by atoms with E-state index in [0.29, 0.717) is 45.9 Å². The molecule has 0 spiro atoms. The van der Waals surface area contributed by atoms with E-state index < -0.39 is 0 Å². The van der Waals surface area contributed by atoms with Gasteiger partial charge in [-0.25, -0.2) is 4.98 Å². The summed E-state index contributed by atoms with van der Waals surface area (Å²) in [5.74, 6) is 1.16. The molecular weight excluding hydrogens is 651 g/mol. The van der Waals surface area contributed by atoms with Crippen LogP contribution in [0.3, 0.4) is 0 Å². The lowest BCUT2D eigenvalue weighted by Crippen LogP contribution is -2.22. The number of fused-ring (bicyclic) bond motifs is 1. The van der Waals surface area contributed by atoms with Crippen LogP contribution in [0.4, 0.5) is 5.69 Å². The van der Waals surface area contributed by atoms with Crippen LogP contribution in [0.25, 0.3) is 10.9 Å². The third kappa shape index (κ3) is 6.37. The van der Waals surface area contributed by atoms with Crippen molar-refractivity contribution >= 4 is 67.2 Å². The Kier molecular flexibility index (Phi) is 8.59. The topological polar surface area (TPSA) is 94.8 Å². The molecule has 37 heavy (non-hydrogen) atoms. The van der Waals surface area contributed by atoms with Gasteiger partial charge in [0, 0.05) is 16.6 Å². The third-order valence-corrected chi connectivity index (χ3v) is 6.74. The van der Waals surface area contributed by atoms with Crippen molar-refractivity contribution in [2.75, 3.05) is 19.0 Å². The number of nitrogens with zero attached hydrogens (tertiary/aromatic N) is 3. The zero-order valence-electron chi connectivity index (χ0n) is 20.4. The molecule has 0 saturated carbocycles. The van der Waals surface area contributed by atoms with Crippen LogP contribution in [-0.2, 0) is 11.2 Å². The highest BCUT2D eigenvalue weighted by Crippen LogP contribution is 2.33. The van der Waals surface area contributed by atoms with Gasteiger partial charge >= 0.3 is 0 Å². The average molecular weight is 675 g/mol. The van der Waals surface area contributed by atoms with E-state index in [-0.39, 0.29) is 18.1 Å². The standard InChI is InChI=1S/C27H24BrIN4O4/c1-4-24-32-22-10-7-18(28)13-20(22)27(35)33(24)30-14-17-11-21(29)26(23(12-17)36-3)37-15-25(34)31-19-8-5-16(2)6-9-19/h5-14H,4,15H2,1-3H3,(H,31,34). The van der Waals surface area contributed by atoms with Gasteiger partial charge in [-0.3, -0.25) is 9.59 Å². The second-order valence-corrected chi connectivity index (χ2v) is 10.2. The van der Waals surface area contributed by atoms with Gasteiger partial charge in [-0.2, -0.15) is 9.78 Å². The quantitative estimate of drug-likeness (QED) is 0.196. The average Bonchev–Trinajstić information content (AvgIpc) is 2.88. The van der Waals surface area contributed by atoms with Crippen molar-refractivity contribution in [1.82, 2.24) is 9.66 Å². The number of carbonyl (C=O) groups is 1. The molecule has 0 radical (unpaired) electrons. The van der Waals surface area contributed by atoms with Gasteiger partial charge in [-0.05, 0) is 77.5 Å². The Balaban J connectivity index is 1.56. The number of aromatic nitrogens is 2. The van der Waals surface area contributed by atoms with Crippen LogP contribution in [0.15, 0.2) is 69.0 Å². The number of nitrogens with one attached hydrogen (secondary N) is 1. The minimum absolute atomic E-state index is 0.179. The maximum atomic E-state index is 13.1. The van der Waals surface area contributed by atoms with Gasteiger partial charge in [-0.15, -0.1) is 0 Å². The Morgan fingerprint density at radius 2 is 1.95 bits per heavy atom. The highest BCUT2D eigenvalue weighted by molar-refractivity contribution is 14.1. The fourth-order valence-corrected chi connectivity index (χ4v) is 4.74. The number of ether oxygens (including phenoxy) is 2. The summed E-state index contributed by atoms with van der Waals surface area (Å²) in [6.45, 7) is 3.73. The van der Waals surface area contributed by atoms with Crippen LogP contribution in [0.2, 0.25) is 0 Å². The maximum Gasteiger partial charge on any atom is 0.282 e. The second kappa shape index (κ2) is 11.9. The monoisotopic (exact) mass is 674 g/mol. The first-order chi connectivity index (χ1) is 17.8. The summed E-state index contributed by atoms with van der Waals surface area (Å²) in [5, 5.41) is 7.72. The first-order valence-corrected chi connectivity index (χ1v) is 13.3. The Morgan fingerprint density at radius 1 is 1.19 bits per heavy atom. The molecule has 190 valence electrons. The van der Waals surface area contributed by atoms with E-state index in [1.54, 1.807) is 24.4 Å². The van der Waals surface area contributed by atoms with Crippen molar-refractivity contribution in [3.8, 4) is 11.5 Å². The van der Waals surface area contributed by atoms with Crippen LogP contribution in [0.1, 0.15) is 23.9 Å². The number of benzene rings is 3.